The van der Waals surface area contributed by atoms with Gasteiger partial charge in [0.05, 0.1) is 21.3 Å². The molecule has 0 bridgehead atoms. The lowest BCUT2D eigenvalue weighted by Gasteiger charge is -2.13. The summed E-state index contributed by atoms with van der Waals surface area (Å²) in [5, 5.41) is 0. The van der Waals surface area contributed by atoms with Crippen molar-refractivity contribution in [2.45, 2.75) is 6.92 Å². The lowest BCUT2D eigenvalue weighted by Crippen LogP contribution is -2.01. The lowest BCUT2D eigenvalue weighted by atomic mass is 10.0. The molecule has 23 heavy (non-hydrogen) atoms. The van der Waals surface area contributed by atoms with Crippen LogP contribution in [0.2, 0.25) is 0 Å². The van der Waals surface area contributed by atoms with Gasteiger partial charge < -0.3 is 14.2 Å². The number of carbonyl (C=O) groups excluding carboxylic acids is 1. The highest BCUT2D eigenvalue weighted by Gasteiger charge is 2.16. The Morgan fingerprint density at radius 3 is 1.91 bits per heavy atom. The minimum atomic E-state index is -0.120. The number of ether oxygens (including phenoxy) is 3. The number of hydrogen-bond acceptors (Lipinski definition) is 4. The van der Waals surface area contributed by atoms with E-state index in [2.05, 4.69) is 0 Å². The molecular formula is C19H20O4. The molecule has 0 amide bonds. The van der Waals surface area contributed by atoms with E-state index >= 15 is 0 Å². The SMILES string of the molecule is COc1cc(C(=O)/C=C(\C)c2ccccc2)cc(OC)c1OC. The van der Waals surface area contributed by atoms with E-state index < -0.39 is 0 Å². The van der Waals surface area contributed by atoms with Gasteiger partial charge in [-0.3, -0.25) is 4.79 Å². The lowest BCUT2D eigenvalue weighted by molar-refractivity contribution is 0.104. The molecule has 0 aliphatic carbocycles. The normalized spacial score (nSPS) is 11.0. The van der Waals surface area contributed by atoms with E-state index in [1.54, 1.807) is 18.2 Å². The molecule has 2 rings (SSSR count). The van der Waals surface area contributed by atoms with E-state index in [0.717, 1.165) is 11.1 Å². The maximum absolute atomic E-state index is 12.5. The monoisotopic (exact) mass is 312 g/mol. The molecule has 120 valence electrons. The fourth-order valence-corrected chi connectivity index (χ4v) is 2.29. The van der Waals surface area contributed by atoms with Crippen molar-refractivity contribution in [2.24, 2.45) is 0 Å². The fraction of sp³-hybridized carbons (Fsp3) is 0.211. The summed E-state index contributed by atoms with van der Waals surface area (Å²) in [4.78, 5) is 12.5. The van der Waals surface area contributed by atoms with E-state index in [1.165, 1.54) is 21.3 Å². The maximum Gasteiger partial charge on any atom is 0.203 e. The number of allylic oxidation sites excluding steroid dienone is 2. The van der Waals surface area contributed by atoms with Crippen LogP contribution in [0.15, 0.2) is 48.5 Å². The number of rotatable bonds is 6. The summed E-state index contributed by atoms with van der Waals surface area (Å²) >= 11 is 0. The topological polar surface area (TPSA) is 44.8 Å². The zero-order valence-electron chi connectivity index (χ0n) is 13.8. The van der Waals surface area contributed by atoms with Crippen molar-refractivity contribution in [1.29, 1.82) is 0 Å². The first-order chi connectivity index (χ1) is 11.1. The van der Waals surface area contributed by atoms with Gasteiger partial charge in [0, 0.05) is 5.56 Å². The average molecular weight is 312 g/mol. The summed E-state index contributed by atoms with van der Waals surface area (Å²) in [6, 6.07) is 13.1. The van der Waals surface area contributed by atoms with Crippen molar-refractivity contribution in [3.63, 3.8) is 0 Å². The minimum Gasteiger partial charge on any atom is -0.493 e. The van der Waals surface area contributed by atoms with Crippen LogP contribution in [0, 0.1) is 0 Å². The number of methoxy groups -OCH3 is 3. The van der Waals surface area contributed by atoms with Gasteiger partial charge in [-0.2, -0.15) is 0 Å². The molecule has 0 aromatic heterocycles. The van der Waals surface area contributed by atoms with Gasteiger partial charge in [0.25, 0.3) is 0 Å². The van der Waals surface area contributed by atoms with Gasteiger partial charge in [0.15, 0.2) is 17.3 Å². The zero-order valence-corrected chi connectivity index (χ0v) is 13.8. The number of carbonyl (C=O) groups is 1. The highest BCUT2D eigenvalue weighted by Crippen LogP contribution is 2.38. The Bertz CT molecular complexity index is 692. The average Bonchev–Trinajstić information content (AvgIpc) is 2.60. The van der Waals surface area contributed by atoms with E-state index in [1.807, 2.05) is 37.3 Å². The Hall–Kier alpha value is -2.75. The molecule has 0 fully saturated rings. The highest BCUT2D eigenvalue weighted by atomic mass is 16.5. The minimum absolute atomic E-state index is 0.120. The number of benzene rings is 2. The molecule has 2 aromatic rings. The van der Waals surface area contributed by atoms with E-state index in [-0.39, 0.29) is 5.78 Å². The molecule has 0 aliphatic heterocycles. The van der Waals surface area contributed by atoms with Gasteiger partial charge in [-0.05, 0) is 36.3 Å². The van der Waals surface area contributed by atoms with Gasteiger partial charge in [0.1, 0.15) is 0 Å². The molecule has 0 spiro atoms. The highest BCUT2D eigenvalue weighted by molar-refractivity contribution is 6.09. The first-order valence-corrected chi connectivity index (χ1v) is 7.18. The Morgan fingerprint density at radius 1 is 0.870 bits per heavy atom. The molecule has 0 N–H and O–H groups in total. The van der Waals surface area contributed by atoms with Crippen LogP contribution >= 0.6 is 0 Å². The maximum atomic E-state index is 12.5. The van der Waals surface area contributed by atoms with Crippen LogP contribution < -0.4 is 14.2 Å². The smallest absolute Gasteiger partial charge is 0.203 e. The second-order valence-electron chi connectivity index (χ2n) is 4.97. The quantitative estimate of drug-likeness (QED) is 0.597. The molecule has 4 nitrogen and oxygen atoms in total. The van der Waals surface area contributed by atoms with Gasteiger partial charge in [0.2, 0.25) is 5.75 Å². The second-order valence-corrected chi connectivity index (χ2v) is 4.97. The van der Waals surface area contributed by atoms with Crippen LogP contribution in [-0.4, -0.2) is 27.1 Å². The molecular weight excluding hydrogens is 292 g/mol. The summed E-state index contributed by atoms with van der Waals surface area (Å²) in [5.41, 5.74) is 2.38. The molecule has 0 saturated heterocycles. The predicted octanol–water partition coefficient (Wildman–Crippen LogP) is 4.00. The first kappa shape index (κ1) is 16.6. The van der Waals surface area contributed by atoms with Gasteiger partial charge in [-0.15, -0.1) is 0 Å². The summed E-state index contributed by atoms with van der Waals surface area (Å²) in [6.45, 7) is 1.91. The Labute approximate surface area is 136 Å². The third-order valence-electron chi connectivity index (χ3n) is 3.53. The van der Waals surface area contributed by atoms with Crippen molar-refractivity contribution in [3.8, 4) is 17.2 Å². The van der Waals surface area contributed by atoms with E-state index in [0.29, 0.717) is 22.8 Å². The van der Waals surface area contributed by atoms with Crippen LogP contribution in [0.4, 0.5) is 0 Å². The van der Waals surface area contributed by atoms with E-state index in [4.69, 9.17) is 14.2 Å². The van der Waals surface area contributed by atoms with E-state index in [9.17, 15) is 4.79 Å². The molecule has 4 heteroatoms. The molecule has 0 radical (unpaired) electrons. The summed E-state index contributed by atoms with van der Waals surface area (Å²) in [6.07, 6.45) is 1.61. The first-order valence-electron chi connectivity index (χ1n) is 7.18. The van der Waals surface area contributed by atoms with Crippen LogP contribution in [0.25, 0.3) is 5.57 Å². The molecule has 0 saturated carbocycles. The zero-order chi connectivity index (χ0) is 16.8. The Kier molecular flexibility index (Phi) is 5.41. The predicted molar refractivity (Wildman–Crippen MR) is 90.5 cm³/mol. The van der Waals surface area contributed by atoms with Gasteiger partial charge in [-0.25, -0.2) is 0 Å². The van der Waals surface area contributed by atoms with Crippen LogP contribution in [0.5, 0.6) is 17.2 Å². The third kappa shape index (κ3) is 3.72. The molecule has 0 atom stereocenters. The van der Waals surface area contributed by atoms with Gasteiger partial charge >= 0.3 is 0 Å². The summed E-state index contributed by atoms with van der Waals surface area (Å²) in [7, 11) is 4.58. The Morgan fingerprint density at radius 2 is 1.43 bits per heavy atom. The second kappa shape index (κ2) is 7.49. The summed E-state index contributed by atoms with van der Waals surface area (Å²) < 4.78 is 15.8. The molecule has 0 heterocycles. The van der Waals surface area contributed by atoms with Gasteiger partial charge in [-0.1, -0.05) is 30.3 Å². The van der Waals surface area contributed by atoms with Crippen LogP contribution in [0.3, 0.4) is 0 Å². The van der Waals surface area contributed by atoms with Crippen LogP contribution in [0.1, 0.15) is 22.8 Å². The third-order valence-corrected chi connectivity index (χ3v) is 3.53. The van der Waals surface area contributed by atoms with Crippen molar-refractivity contribution >= 4 is 11.4 Å². The number of ketones is 1. The Balaban J connectivity index is 2.40. The fourth-order valence-electron chi connectivity index (χ4n) is 2.29. The van der Waals surface area contributed by atoms with Crippen LogP contribution in [-0.2, 0) is 0 Å². The summed E-state index contributed by atoms with van der Waals surface area (Å²) in [5.74, 6) is 1.27. The van der Waals surface area contributed by atoms with Crippen molar-refractivity contribution in [1.82, 2.24) is 0 Å². The largest absolute Gasteiger partial charge is 0.493 e. The molecule has 2 aromatic carbocycles. The van der Waals surface area contributed by atoms with Crippen molar-refractivity contribution in [2.75, 3.05) is 21.3 Å². The number of hydrogen-bond donors (Lipinski definition) is 0. The molecule has 0 unspecified atom stereocenters. The van der Waals surface area contributed by atoms with Crippen molar-refractivity contribution in [3.05, 3.63) is 59.7 Å². The van der Waals surface area contributed by atoms with Crippen molar-refractivity contribution < 1.29 is 19.0 Å². The molecule has 0 aliphatic rings. The standard InChI is InChI=1S/C19H20O4/c1-13(14-8-6-5-7-9-14)10-16(20)15-11-17(21-2)19(23-4)18(12-15)22-3/h5-12H,1-4H3/b13-10+.